The normalized spacial score (nSPS) is 17.8. The van der Waals surface area contributed by atoms with E-state index in [2.05, 4.69) is 9.71 Å². The molecule has 0 bridgehead atoms. The standard InChI is InChI=1S/C19H22ClN5O2S/c1-21-19(23-28(26,27)24(2)3)25-13-17(14-7-5-4-6-8-14)18(22-25)15-9-11-16(20)12-10-15/h4-12,17H,13H2,1-3H3,(H,21,23). The largest absolute Gasteiger partial charge is 0.303 e. The van der Waals surface area contributed by atoms with Crippen molar-refractivity contribution in [1.82, 2.24) is 14.0 Å². The van der Waals surface area contributed by atoms with Crippen molar-refractivity contribution in [3.8, 4) is 0 Å². The third-order valence-corrected chi connectivity index (χ3v) is 6.07. The maximum Gasteiger partial charge on any atom is 0.303 e. The van der Waals surface area contributed by atoms with E-state index in [1.807, 2.05) is 54.6 Å². The van der Waals surface area contributed by atoms with Crippen LogP contribution in [0.5, 0.6) is 0 Å². The van der Waals surface area contributed by atoms with Crippen molar-refractivity contribution in [3.05, 3.63) is 70.7 Å². The number of benzene rings is 2. The van der Waals surface area contributed by atoms with E-state index in [9.17, 15) is 8.42 Å². The van der Waals surface area contributed by atoms with Gasteiger partial charge in [0.15, 0.2) is 0 Å². The quantitative estimate of drug-likeness (QED) is 0.611. The number of guanidine groups is 1. The smallest absolute Gasteiger partial charge is 0.254 e. The average Bonchev–Trinajstić information content (AvgIpc) is 3.12. The molecule has 0 saturated carbocycles. The molecule has 0 amide bonds. The van der Waals surface area contributed by atoms with Gasteiger partial charge in [0.1, 0.15) is 0 Å². The van der Waals surface area contributed by atoms with Crippen molar-refractivity contribution in [2.75, 3.05) is 27.7 Å². The van der Waals surface area contributed by atoms with Gasteiger partial charge < -0.3 is 0 Å². The minimum atomic E-state index is -3.69. The van der Waals surface area contributed by atoms with Crippen LogP contribution >= 0.6 is 11.6 Å². The van der Waals surface area contributed by atoms with Gasteiger partial charge in [-0.3, -0.25) is 4.99 Å². The Hall–Kier alpha value is -2.42. The Morgan fingerprint density at radius 3 is 2.39 bits per heavy atom. The maximum absolute atomic E-state index is 12.2. The summed E-state index contributed by atoms with van der Waals surface area (Å²) in [5, 5.41) is 6.92. The van der Waals surface area contributed by atoms with Gasteiger partial charge in [0.05, 0.1) is 12.3 Å². The van der Waals surface area contributed by atoms with Gasteiger partial charge in [0.25, 0.3) is 0 Å². The van der Waals surface area contributed by atoms with Gasteiger partial charge in [-0.1, -0.05) is 54.1 Å². The summed E-state index contributed by atoms with van der Waals surface area (Å²) in [7, 11) is 0.742. The minimum Gasteiger partial charge on any atom is -0.254 e. The van der Waals surface area contributed by atoms with E-state index in [1.165, 1.54) is 21.1 Å². The van der Waals surface area contributed by atoms with Crippen LogP contribution in [0.4, 0.5) is 0 Å². The molecule has 2 aromatic rings. The summed E-state index contributed by atoms with van der Waals surface area (Å²) in [4.78, 5) is 4.11. The molecule has 0 spiro atoms. The van der Waals surface area contributed by atoms with Gasteiger partial charge in [-0.2, -0.15) is 17.8 Å². The van der Waals surface area contributed by atoms with Crippen LogP contribution in [0.2, 0.25) is 5.02 Å². The molecule has 148 valence electrons. The lowest BCUT2D eigenvalue weighted by Crippen LogP contribution is -2.45. The van der Waals surface area contributed by atoms with Gasteiger partial charge in [0, 0.05) is 32.1 Å². The minimum absolute atomic E-state index is 0.0389. The summed E-state index contributed by atoms with van der Waals surface area (Å²) in [5.41, 5.74) is 2.84. The average molecular weight is 420 g/mol. The van der Waals surface area contributed by atoms with Crippen LogP contribution in [0.15, 0.2) is 64.7 Å². The third kappa shape index (κ3) is 4.35. The second-order valence-corrected chi connectivity index (χ2v) is 8.80. The first-order valence-electron chi connectivity index (χ1n) is 8.66. The van der Waals surface area contributed by atoms with Crippen LogP contribution in [-0.4, -0.2) is 57.1 Å². The highest BCUT2D eigenvalue weighted by Crippen LogP contribution is 2.29. The molecular weight excluding hydrogens is 398 g/mol. The van der Waals surface area contributed by atoms with Crippen LogP contribution in [0.25, 0.3) is 0 Å². The van der Waals surface area contributed by atoms with Crippen molar-refractivity contribution in [2.24, 2.45) is 10.1 Å². The molecule has 0 aromatic heterocycles. The van der Waals surface area contributed by atoms with Gasteiger partial charge in [-0.05, 0) is 23.3 Å². The van der Waals surface area contributed by atoms with Crippen LogP contribution < -0.4 is 4.72 Å². The fourth-order valence-electron chi connectivity index (χ4n) is 2.88. The summed E-state index contributed by atoms with van der Waals surface area (Å²) in [5.74, 6) is 0.126. The molecule has 0 aliphatic carbocycles. The van der Waals surface area contributed by atoms with Crippen LogP contribution in [0, 0.1) is 0 Å². The summed E-state index contributed by atoms with van der Waals surface area (Å²) in [6, 6.07) is 17.4. The molecule has 1 heterocycles. The van der Waals surface area contributed by atoms with Crippen LogP contribution in [0.1, 0.15) is 17.0 Å². The van der Waals surface area contributed by atoms with E-state index >= 15 is 0 Å². The number of hydrogen-bond donors (Lipinski definition) is 1. The van der Waals surface area contributed by atoms with Crippen molar-refractivity contribution in [1.29, 1.82) is 0 Å². The van der Waals surface area contributed by atoms with Gasteiger partial charge in [-0.15, -0.1) is 0 Å². The lowest BCUT2D eigenvalue weighted by atomic mass is 9.91. The van der Waals surface area contributed by atoms with E-state index in [0.717, 1.165) is 21.1 Å². The fraction of sp³-hybridized carbons (Fsp3) is 0.263. The van der Waals surface area contributed by atoms with Gasteiger partial charge >= 0.3 is 10.2 Å². The predicted octanol–water partition coefficient (Wildman–Crippen LogP) is 2.53. The molecule has 2 aromatic carbocycles. The zero-order chi connectivity index (χ0) is 20.3. The van der Waals surface area contributed by atoms with Gasteiger partial charge in [0.2, 0.25) is 5.96 Å². The Morgan fingerprint density at radius 1 is 1.18 bits per heavy atom. The Balaban J connectivity index is 1.98. The molecular formula is C19H22ClN5O2S. The monoisotopic (exact) mass is 419 g/mol. The zero-order valence-corrected chi connectivity index (χ0v) is 17.4. The lowest BCUT2D eigenvalue weighted by Gasteiger charge is -2.21. The number of aliphatic imine (C=N–C) groups is 1. The number of nitrogens with zero attached hydrogens (tertiary/aromatic N) is 4. The van der Waals surface area contributed by atoms with E-state index in [-0.39, 0.29) is 11.9 Å². The highest BCUT2D eigenvalue weighted by Gasteiger charge is 2.32. The molecule has 1 aliphatic heterocycles. The molecule has 9 heteroatoms. The van der Waals surface area contributed by atoms with E-state index < -0.39 is 10.2 Å². The topological polar surface area (TPSA) is 77.4 Å². The van der Waals surface area contributed by atoms with Crippen molar-refractivity contribution < 1.29 is 8.42 Å². The lowest BCUT2D eigenvalue weighted by molar-refractivity contribution is 0.456. The van der Waals surface area contributed by atoms with E-state index in [0.29, 0.717) is 11.6 Å². The van der Waals surface area contributed by atoms with E-state index in [1.54, 1.807) is 5.01 Å². The zero-order valence-electron chi connectivity index (χ0n) is 15.9. The number of hydrogen-bond acceptors (Lipinski definition) is 4. The molecule has 0 fully saturated rings. The Morgan fingerprint density at radius 2 is 1.82 bits per heavy atom. The number of nitrogens with one attached hydrogen (secondary N) is 1. The Bertz CT molecular complexity index is 989. The molecule has 3 rings (SSSR count). The first-order chi connectivity index (χ1) is 13.3. The molecule has 1 N–H and O–H groups in total. The maximum atomic E-state index is 12.2. The number of halogens is 1. The van der Waals surface area contributed by atoms with Crippen LogP contribution in [0.3, 0.4) is 0 Å². The van der Waals surface area contributed by atoms with Gasteiger partial charge in [-0.25, -0.2) is 9.73 Å². The Labute approximate surface area is 170 Å². The summed E-state index contributed by atoms with van der Waals surface area (Å²) in [6.07, 6.45) is 0. The summed E-state index contributed by atoms with van der Waals surface area (Å²) in [6.45, 7) is 0.463. The van der Waals surface area contributed by atoms with Crippen molar-refractivity contribution >= 4 is 33.5 Å². The third-order valence-electron chi connectivity index (χ3n) is 4.41. The Kier molecular flexibility index (Phi) is 6.02. The molecule has 28 heavy (non-hydrogen) atoms. The van der Waals surface area contributed by atoms with Crippen molar-refractivity contribution in [2.45, 2.75) is 5.92 Å². The van der Waals surface area contributed by atoms with Crippen molar-refractivity contribution in [3.63, 3.8) is 0 Å². The highest BCUT2D eigenvalue weighted by atomic mass is 35.5. The number of rotatable bonds is 4. The van der Waals surface area contributed by atoms with E-state index in [4.69, 9.17) is 16.7 Å². The molecule has 0 saturated heterocycles. The fourth-order valence-corrected chi connectivity index (χ4v) is 3.62. The second-order valence-electron chi connectivity index (χ2n) is 6.47. The SMILES string of the molecule is CN=C(NS(=O)(=O)N(C)C)N1CC(c2ccccc2)C(c2ccc(Cl)cc2)=N1. The highest BCUT2D eigenvalue weighted by molar-refractivity contribution is 7.87. The molecule has 1 atom stereocenters. The molecule has 0 radical (unpaired) electrons. The second kappa shape index (κ2) is 8.30. The molecule has 1 aliphatic rings. The molecule has 1 unspecified atom stereocenters. The predicted molar refractivity (Wildman–Crippen MR) is 113 cm³/mol. The first-order valence-corrected chi connectivity index (χ1v) is 10.5. The first kappa shape index (κ1) is 20.3. The number of hydrazone groups is 1. The summed E-state index contributed by atoms with van der Waals surface area (Å²) >= 11 is 6.02. The summed E-state index contributed by atoms with van der Waals surface area (Å²) < 4.78 is 28.1. The van der Waals surface area contributed by atoms with Crippen LogP contribution in [-0.2, 0) is 10.2 Å². The molecule has 7 nitrogen and oxygen atoms in total.